The second-order valence-electron chi connectivity index (χ2n) is 7.19. The third kappa shape index (κ3) is 3.47. The van der Waals surface area contributed by atoms with E-state index >= 15 is 0 Å². The van der Waals surface area contributed by atoms with Crippen LogP contribution in [0.1, 0.15) is 21.5 Å². The minimum Gasteiger partial charge on any atom is -0.369 e. The third-order valence-electron chi connectivity index (χ3n) is 5.39. The summed E-state index contributed by atoms with van der Waals surface area (Å²) in [6.45, 7) is 5.14. The van der Waals surface area contributed by atoms with Crippen LogP contribution in [0.4, 0.5) is 10.1 Å². The van der Waals surface area contributed by atoms with E-state index in [2.05, 4.69) is 31.3 Å². The highest BCUT2D eigenvalue weighted by atomic mass is 32.2. The first-order chi connectivity index (χ1) is 14.1. The van der Waals surface area contributed by atoms with Crippen LogP contribution in [0.25, 0.3) is 0 Å². The number of aromatic nitrogens is 3. The van der Waals surface area contributed by atoms with Crippen LogP contribution >= 0.6 is 23.1 Å². The average Bonchev–Trinajstić information content (AvgIpc) is 3.43. The van der Waals surface area contributed by atoms with Crippen LogP contribution < -0.4 is 4.90 Å². The number of hydrogen-bond donors (Lipinski definition) is 0. The first-order valence-electron chi connectivity index (χ1n) is 9.52. The van der Waals surface area contributed by atoms with Gasteiger partial charge < -0.3 is 4.90 Å². The van der Waals surface area contributed by atoms with Gasteiger partial charge in [0, 0.05) is 36.7 Å². The number of nitrogens with zero attached hydrogens (tertiary/aromatic N) is 5. The Bertz CT molecular complexity index is 1010. The Balaban J connectivity index is 1.36. The lowest BCUT2D eigenvalue weighted by Crippen LogP contribution is -2.50. The first-order valence-corrected chi connectivity index (χ1v) is 11.3. The molecule has 0 N–H and O–H groups in total. The van der Waals surface area contributed by atoms with Gasteiger partial charge in [-0.3, -0.25) is 9.69 Å². The molecule has 1 aromatic carbocycles. The fraction of sp³-hybridized carbons (Fsp3) is 0.350. The molecule has 4 heterocycles. The summed E-state index contributed by atoms with van der Waals surface area (Å²) in [6.07, 6.45) is 0. The van der Waals surface area contributed by atoms with Crippen molar-refractivity contribution in [2.75, 3.05) is 31.1 Å². The summed E-state index contributed by atoms with van der Waals surface area (Å²) in [4.78, 5) is 23.3. The average molecular weight is 430 g/mol. The maximum atomic E-state index is 13.2. The van der Waals surface area contributed by atoms with E-state index in [-0.39, 0.29) is 23.0 Å². The second-order valence-corrected chi connectivity index (χ2v) is 9.28. The molecule has 2 aliphatic heterocycles. The zero-order chi connectivity index (χ0) is 20.0. The van der Waals surface area contributed by atoms with E-state index in [1.165, 1.54) is 33.5 Å². The van der Waals surface area contributed by atoms with Crippen molar-refractivity contribution in [1.29, 1.82) is 0 Å². The number of rotatable bonds is 4. The van der Waals surface area contributed by atoms with Crippen LogP contribution in [0.2, 0.25) is 0 Å². The van der Waals surface area contributed by atoms with E-state index in [0.29, 0.717) is 11.0 Å². The molecular weight excluding hydrogens is 409 g/mol. The van der Waals surface area contributed by atoms with Gasteiger partial charge in [0.15, 0.2) is 5.16 Å². The van der Waals surface area contributed by atoms with E-state index in [9.17, 15) is 9.18 Å². The van der Waals surface area contributed by atoms with Gasteiger partial charge >= 0.3 is 0 Å². The van der Waals surface area contributed by atoms with Gasteiger partial charge in [-0.05, 0) is 42.6 Å². The van der Waals surface area contributed by atoms with E-state index in [0.717, 1.165) is 31.9 Å². The molecule has 2 atom stereocenters. The van der Waals surface area contributed by atoms with Crippen molar-refractivity contribution in [3.05, 3.63) is 58.3 Å². The van der Waals surface area contributed by atoms with Gasteiger partial charge in [0.1, 0.15) is 16.9 Å². The predicted molar refractivity (Wildman–Crippen MR) is 112 cm³/mol. The van der Waals surface area contributed by atoms with Gasteiger partial charge in [-0.15, -0.1) is 16.4 Å². The summed E-state index contributed by atoms with van der Waals surface area (Å²) < 4.78 is 14.7. The summed E-state index contributed by atoms with van der Waals surface area (Å²) in [7, 11) is 0. The molecule has 0 radical (unpaired) electrons. The highest BCUT2D eigenvalue weighted by Crippen LogP contribution is 2.42. The molecule has 0 spiro atoms. The molecule has 0 saturated carbocycles. The lowest BCUT2D eigenvalue weighted by atomic mass is 10.1. The number of thioether (sulfide) groups is 1. The quantitative estimate of drug-likeness (QED) is 0.633. The number of benzene rings is 1. The topological polar surface area (TPSA) is 54.3 Å². The summed E-state index contributed by atoms with van der Waals surface area (Å²) in [5.74, 6) is 0.410. The molecule has 150 valence electrons. The van der Waals surface area contributed by atoms with Crippen LogP contribution in [0.3, 0.4) is 0 Å². The standard InChI is InChI=1S/C20H20FN5OS2/c1-13-22-20-26(23-13)19(27)18(29-20)17(16-3-2-12-28-16)25-10-8-24(9-11-25)15-6-4-14(21)5-7-15/h2-7,12,17-18H,8-11H2,1H3. The highest BCUT2D eigenvalue weighted by Gasteiger charge is 2.43. The van der Waals surface area contributed by atoms with Crippen molar-refractivity contribution in [3.8, 4) is 0 Å². The molecule has 2 aliphatic rings. The number of aryl methyl sites for hydroxylation is 1. The van der Waals surface area contributed by atoms with Gasteiger partial charge in [-0.1, -0.05) is 17.8 Å². The van der Waals surface area contributed by atoms with E-state index in [1.807, 2.05) is 18.2 Å². The predicted octanol–water partition coefficient (Wildman–Crippen LogP) is 3.47. The van der Waals surface area contributed by atoms with Gasteiger partial charge in [-0.25, -0.2) is 9.37 Å². The van der Waals surface area contributed by atoms with Crippen molar-refractivity contribution in [2.45, 2.75) is 23.4 Å². The van der Waals surface area contributed by atoms with Crippen LogP contribution in [-0.4, -0.2) is 57.0 Å². The van der Waals surface area contributed by atoms with Crippen molar-refractivity contribution >= 4 is 34.7 Å². The van der Waals surface area contributed by atoms with Crippen molar-refractivity contribution in [1.82, 2.24) is 19.7 Å². The minimum absolute atomic E-state index is 0.00460. The Morgan fingerprint density at radius 1 is 1.14 bits per heavy atom. The van der Waals surface area contributed by atoms with Gasteiger partial charge in [0.2, 0.25) is 0 Å². The molecule has 9 heteroatoms. The van der Waals surface area contributed by atoms with Crippen LogP contribution in [0.5, 0.6) is 0 Å². The third-order valence-corrected chi connectivity index (χ3v) is 7.52. The summed E-state index contributed by atoms with van der Waals surface area (Å²) in [5, 5.41) is 6.76. The van der Waals surface area contributed by atoms with Crippen molar-refractivity contribution < 1.29 is 9.18 Å². The SMILES string of the molecule is Cc1nc2n(n1)C(=O)C(C(c1cccs1)N1CCN(c3ccc(F)cc3)CC1)S2. The second kappa shape index (κ2) is 7.55. The normalized spacial score (nSPS) is 20.8. The van der Waals surface area contributed by atoms with E-state index in [4.69, 9.17) is 0 Å². The zero-order valence-electron chi connectivity index (χ0n) is 15.9. The first kappa shape index (κ1) is 18.8. The lowest BCUT2D eigenvalue weighted by Gasteiger charge is -2.41. The highest BCUT2D eigenvalue weighted by molar-refractivity contribution is 8.01. The molecule has 1 saturated heterocycles. The summed E-state index contributed by atoms with van der Waals surface area (Å²) in [6, 6.07) is 10.8. The molecule has 0 bridgehead atoms. The largest absolute Gasteiger partial charge is 0.369 e. The molecule has 6 nitrogen and oxygen atoms in total. The molecule has 0 amide bonds. The van der Waals surface area contributed by atoms with Crippen molar-refractivity contribution in [2.24, 2.45) is 0 Å². The number of halogens is 1. The zero-order valence-corrected chi connectivity index (χ0v) is 17.5. The minimum atomic E-state index is -0.248. The molecule has 3 aromatic rings. The van der Waals surface area contributed by atoms with E-state index in [1.54, 1.807) is 18.3 Å². The molecule has 1 fully saturated rings. The molecule has 5 rings (SSSR count). The number of carbonyl (C=O) groups excluding carboxylic acids is 1. The lowest BCUT2D eigenvalue weighted by molar-refractivity contribution is 0.0832. The molecule has 2 unspecified atom stereocenters. The molecule has 0 aliphatic carbocycles. The number of hydrogen-bond acceptors (Lipinski definition) is 7. The number of piperazine rings is 1. The van der Waals surface area contributed by atoms with Gasteiger partial charge in [0.05, 0.1) is 6.04 Å². The van der Waals surface area contributed by atoms with Gasteiger partial charge in [-0.2, -0.15) is 4.68 Å². The Labute approximate surface area is 176 Å². The summed E-state index contributed by atoms with van der Waals surface area (Å²) in [5.41, 5.74) is 1.03. The maximum absolute atomic E-state index is 13.2. The monoisotopic (exact) mass is 429 g/mol. The van der Waals surface area contributed by atoms with Gasteiger partial charge in [0.25, 0.3) is 5.91 Å². The Morgan fingerprint density at radius 2 is 1.90 bits per heavy atom. The van der Waals surface area contributed by atoms with Crippen LogP contribution in [0.15, 0.2) is 46.9 Å². The Morgan fingerprint density at radius 3 is 2.55 bits per heavy atom. The Kier molecular flexibility index (Phi) is 4.89. The fourth-order valence-corrected chi connectivity index (χ4v) is 6.26. The smallest absolute Gasteiger partial charge is 0.264 e. The molecular formula is C20H20FN5OS2. The Hall–Kier alpha value is -2.23. The molecule has 2 aromatic heterocycles. The maximum Gasteiger partial charge on any atom is 0.264 e. The number of carbonyl (C=O) groups is 1. The number of thiophene rings is 1. The van der Waals surface area contributed by atoms with Crippen LogP contribution in [0, 0.1) is 12.7 Å². The summed E-state index contributed by atoms with van der Waals surface area (Å²) >= 11 is 3.20. The number of fused-ring (bicyclic) bond motifs is 1. The van der Waals surface area contributed by atoms with Crippen molar-refractivity contribution in [3.63, 3.8) is 0 Å². The van der Waals surface area contributed by atoms with E-state index < -0.39 is 0 Å². The fourth-order valence-electron chi connectivity index (χ4n) is 3.99. The van der Waals surface area contributed by atoms with Crippen LogP contribution in [-0.2, 0) is 0 Å². The number of anilines is 1. The molecule has 29 heavy (non-hydrogen) atoms.